The Morgan fingerprint density at radius 3 is 2.85 bits per heavy atom. The van der Waals surface area contributed by atoms with Crippen LogP contribution in [0.5, 0.6) is 0 Å². The Labute approximate surface area is 159 Å². The van der Waals surface area contributed by atoms with Crippen molar-refractivity contribution in [2.24, 2.45) is 0 Å². The summed E-state index contributed by atoms with van der Waals surface area (Å²) in [6, 6.07) is 15.6. The lowest BCUT2D eigenvalue weighted by Gasteiger charge is -2.05. The molecule has 0 atom stereocenters. The molecule has 0 aliphatic rings. The summed E-state index contributed by atoms with van der Waals surface area (Å²) in [5.41, 5.74) is 2.01. The van der Waals surface area contributed by atoms with Crippen molar-refractivity contribution in [1.29, 1.82) is 0 Å². The molecular weight excluding hydrogens is 366 g/mol. The van der Waals surface area contributed by atoms with Gasteiger partial charge in [-0.15, -0.1) is 0 Å². The molecule has 0 spiro atoms. The number of hydrogen-bond acceptors (Lipinski definition) is 4. The van der Waals surface area contributed by atoms with Crippen molar-refractivity contribution < 1.29 is 9.21 Å². The molecule has 27 heavy (non-hydrogen) atoms. The standard InChI is InChI=1S/C20H14ClN3O3/c21-17-4-2-1-3-14(17)11-24-12-15(10-22-24)20(26)23-16-6-7-18-13(9-16)5-8-19(25)27-18/h1-10,12H,11H2,(H,23,26). The van der Waals surface area contributed by atoms with Crippen LogP contribution in [0.2, 0.25) is 5.02 Å². The van der Waals surface area contributed by atoms with E-state index >= 15 is 0 Å². The number of rotatable bonds is 4. The lowest BCUT2D eigenvalue weighted by Crippen LogP contribution is -2.11. The normalized spacial score (nSPS) is 10.9. The molecule has 0 saturated heterocycles. The van der Waals surface area contributed by atoms with Crippen LogP contribution >= 0.6 is 11.6 Å². The zero-order valence-corrected chi connectivity index (χ0v) is 14.8. The average molecular weight is 380 g/mol. The fourth-order valence-electron chi connectivity index (χ4n) is 2.72. The van der Waals surface area contributed by atoms with E-state index in [2.05, 4.69) is 10.4 Å². The Balaban J connectivity index is 1.50. The Morgan fingerprint density at radius 2 is 2.00 bits per heavy atom. The van der Waals surface area contributed by atoms with Gasteiger partial charge in [0.15, 0.2) is 0 Å². The molecule has 2 heterocycles. The van der Waals surface area contributed by atoms with Crippen LogP contribution in [0.15, 0.2) is 76.2 Å². The summed E-state index contributed by atoms with van der Waals surface area (Å²) in [7, 11) is 0. The van der Waals surface area contributed by atoms with Gasteiger partial charge in [-0.2, -0.15) is 5.10 Å². The second-order valence-electron chi connectivity index (χ2n) is 5.98. The highest BCUT2D eigenvalue weighted by atomic mass is 35.5. The van der Waals surface area contributed by atoms with Crippen LogP contribution < -0.4 is 10.9 Å². The maximum absolute atomic E-state index is 12.5. The first-order valence-corrected chi connectivity index (χ1v) is 8.57. The highest BCUT2D eigenvalue weighted by Crippen LogP contribution is 2.19. The van der Waals surface area contributed by atoms with E-state index < -0.39 is 5.63 Å². The topological polar surface area (TPSA) is 77.1 Å². The monoisotopic (exact) mass is 379 g/mol. The minimum Gasteiger partial charge on any atom is -0.423 e. The molecule has 0 aliphatic carbocycles. The number of fused-ring (bicyclic) bond motifs is 1. The molecule has 4 aromatic rings. The third kappa shape index (κ3) is 3.75. The Bertz CT molecular complexity index is 1200. The second kappa shape index (κ2) is 7.09. The second-order valence-corrected chi connectivity index (χ2v) is 6.39. The van der Waals surface area contributed by atoms with Gasteiger partial charge in [-0.25, -0.2) is 4.79 Å². The molecular formula is C20H14ClN3O3. The van der Waals surface area contributed by atoms with Gasteiger partial charge in [-0.1, -0.05) is 29.8 Å². The van der Waals surface area contributed by atoms with Crippen LogP contribution in [-0.4, -0.2) is 15.7 Å². The number of aromatic nitrogens is 2. The maximum atomic E-state index is 12.5. The molecule has 0 aliphatic heterocycles. The van der Waals surface area contributed by atoms with Gasteiger partial charge in [0.25, 0.3) is 5.91 Å². The summed E-state index contributed by atoms with van der Waals surface area (Å²) >= 11 is 6.16. The van der Waals surface area contributed by atoms with Gasteiger partial charge >= 0.3 is 5.63 Å². The predicted molar refractivity (Wildman–Crippen MR) is 103 cm³/mol. The molecule has 2 aromatic heterocycles. The number of hydrogen-bond donors (Lipinski definition) is 1. The fraction of sp³-hybridized carbons (Fsp3) is 0.0500. The van der Waals surface area contributed by atoms with Crippen molar-refractivity contribution in [1.82, 2.24) is 9.78 Å². The summed E-state index contributed by atoms with van der Waals surface area (Å²) in [6.45, 7) is 0.474. The lowest BCUT2D eigenvalue weighted by molar-refractivity contribution is 0.102. The number of benzene rings is 2. The first kappa shape index (κ1) is 17.1. The van der Waals surface area contributed by atoms with E-state index in [9.17, 15) is 9.59 Å². The molecule has 0 bridgehead atoms. The van der Waals surface area contributed by atoms with Crippen molar-refractivity contribution in [3.05, 3.63) is 93.6 Å². The summed E-state index contributed by atoms with van der Waals surface area (Å²) in [4.78, 5) is 23.7. The number of nitrogens with one attached hydrogen (secondary N) is 1. The Hall–Kier alpha value is -3.38. The molecule has 134 valence electrons. The summed E-state index contributed by atoms with van der Waals surface area (Å²) in [5, 5.41) is 8.42. The molecule has 7 heteroatoms. The molecule has 0 radical (unpaired) electrons. The van der Waals surface area contributed by atoms with E-state index in [0.717, 1.165) is 10.9 Å². The van der Waals surface area contributed by atoms with Crippen molar-refractivity contribution in [2.45, 2.75) is 6.54 Å². The third-order valence-corrected chi connectivity index (χ3v) is 4.43. The Morgan fingerprint density at radius 1 is 1.15 bits per heavy atom. The molecule has 6 nitrogen and oxygen atoms in total. The van der Waals surface area contributed by atoms with Gasteiger partial charge in [0.2, 0.25) is 0 Å². The number of anilines is 1. The van der Waals surface area contributed by atoms with Gasteiger partial charge in [0.1, 0.15) is 5.58 Å². The van der Waals surface area contributed by atoms with Crippen LogP contribution in [0.25, 0.3) is 11.0 Å². The molecule has 0 saturated carbocycles. The Kier molecular flexibility index (Phi) is 4.48. The number of carbonyl (C=O) groups is 1. The number of nitrogens with zero attached hydrogens (tertiary/aromatic N) is 2. The van der Waals surface area contributed by atoms with Crippen molar-refractivity contribution in [3.63, 3.8) is 0 Å². The van der Waals surface area contributed by atoms with E-state index in [4.69, 9.17) is 16.0 Å². The molecule has 2 aromatic carbocycles. The smallest absolute Gasteiger partial charge is 0.336 e. The summed E-state index contributed by atoms with van der Waals surface area (Å²) in [5.74, 6) is -0.280. The van der Waals surface area contributed by atoms with E-state index in [1.54, 1.807) is 35.1 Å². The van der Waals surface area contributed by atoms with E-state index in [1.165, 1.54) is 12.3 Å². The van der Waals surface area contributed by atoms with Crippen molar-refractivity contribution >= 4 is 34.2 Å². The number of carbonyl (C=O) groups excluding carboxylic acids is 1. The largest absolute Gasteiger partial charge is 0.423 e. The number of halogens is 1. The van der Waals surface area contributed by atoms with Gasteiger partial charge in [-0.05, 0) is 35.9 Å². The maximum Gasteiger partial charge on any atom is 0.336 e. The van der Waals surface area contributed by atoms with Crippen LogP contribution in [-0.2, 0) is 6.54 Å². The molecule has 1 N–H and O–H groups in total. The molecule has 0 unspecified atom stereocenters. The van der Waals surface area contributed by atoms with E-state index in [0.29, 0.717) is 28.4 Å². The van der Waals surface area contributed by atoms with Gasteiger partial charge < -0.3 is 9.73 Å². The fourth-order valence-corrected chi connectivity index (χ4v) is 2.92. The zero-order valence-electron chi connectivity index (χ0n) is 14.1. The van der Waals surface area contributed by atoms with Crippen molar-refractivity contribution in [2.75, 3.05) is 5.32 Å². The first-order chi connectivity index (χ1) is 13.1. The minimum atomic E-state index is -0.412. The highest BCUT2D eigenvalue weighted by molar-refractivity contribution is 6.31. The van der Waals surface area contributed by atoms with Gasteiger partial charge in [0, 0.05) is 28.4 Å². The van der Waals surface area contributed by atoms with Crippen LogP contribution in [0, 0.1) is 0 Å². The van der Waals surface area contributed by atoms with Crippen molar-refractivity contribution in [3.8, 4) is 0 Å². The molecule has 4 rings (SSSR count). The van der Waals surface area contributed by atoms with E-state index in [1.807, 2.05) is 24.3 Å². The summed E-state index contributed by atoms with van der Waals surface area (Å²) in [6.07, 6.45) is 3.17. The van der Waals surface area contributed by atoms with Gasteiger partial charge in [0.05, 0.1) is 18.3 Å². The van der Waals surface area contributed by atoms with E-state index in [-0.39, 0.29) is 5.91 Å². The third-order valence-electron chi connectivity index (χ3n) is 4.06. The predicted octanol–water partition coefficient (Wildman–Crippen LogP) is 3.94. The highest BCUT2D eigenvalue weighted by Gasteiger charge is 2.11. The molecule has 0 fully saturated rings. The lowest BCUT2D eigenvalue weighted by atomic mass is 10.2. The zero-order chi connectivity index (χ0) is 18.8. The van der Waals surface area contributed by atoms with Crippen LogP contribution in [0.3, 0.4) is 0 Å². The summed E-state index contributed by atoms with van der Waals surface area (Å²) < 4.78 is 6.74. The SMILES string of the molecule is O=C(Nc1ccc2oc(=O)ccc2c1)c1cnn(Cc2ccccc2Cl)c1. The van der Waals surface area contributed by atoms with Crippen LogP contribution in [0.1, 0.15) is 15.9 Å². The molecule has 1 amide bonds. The number of amides is 1. The van der Waals surface area contributed by atoms with Gasteiger partial charge in [-0.3, -0.25) is 9.48 Å². The minimum absolute atomic E-state index is 0.280. The quantitative estimate of drug-likeness (QED) is 0.545. The first-order valence-electron chi connectivity index (χ1n) is 8.20. The van der Waals surface area contributed by atoms with Crippen LogP contribution in [0.4, 0.5) is 5.69 Å². The average Bonchev–Trinajstić information content (AvgIpc) is 3.12.